The van der Waals surface area contributed by atoms with E-state index in [4.69, 9.17) is 0 Å². The number of sulfonamides is 1. The van der Waals surface area contributed by atoms with Crippen LogP contribution in [-0.2, 0) is 10.0 Å². The number of aryl methyl sites for hydroxylation is 2. The molecular weight excluding hydrogens is 358 g/mol. The maximum atomic E-state index is 12.9. The number of hydrogen-bond acceptors (Lipinski definition) is 3. The van der Waals surface area contributed by atoms with Gasteiger partial charge in [0, 0.05) is 18.7 Å². The Hall–Kier alpha value is -2.18. The van der Waals surface area contributed by atoms with Gasteiger partial charge in [-0.15, -0.1) is 0 Å². The number of aromatic amines is 1. The van der Waals surface area contributed by atoms with Gasteiger partial charge in [-0.3, -0.25) is 0 Å². The molecule has 0 atom stereocenters. The van der Waals surface area contributed by atoms with Crippen molar-refractivity contribution < 1.29 is 8.42 Å². The maximum absolute atomic E-state index is 12.9. The van der Waals surface area contributed by atoms with E-state index in [1.165, 1.54) is 11.1 Å². The number of hydrogen-bond donors (Lipinski definition) is 1. The van der Waals surface area contributed by atoms with E-state index in [1.807, 2.05) is 26.0 Å². The zero-order valence-corrected chi connectivity index (χ0v) is 17.2. The van der Waals surface area contributed by atoms with Gasteiger partial charge in [-0.2, -0.15) is 4.31 Å². The molecule has 0 bridgehead atoms. The smallest absolute Gasteiger partial charge is 0.243 e. The van der Waals surface area contributed by atoms with Crippen LogP contribution in [0.3, 0.4) is 0 Å². The van der Waals surface area contributed by atoms with Crippen molar-refractivity contribution in [1.82, 2.24) is 14.3 Å². The highest BCUT2D eigenvalue weighted by atomic mass is 32.2. The van der Waals surface area contributed by atoms with Crippen LogP contribution in [0.2, 0.25) is 0 Å². The second-order valence-corrected chi connectivity index (χ2v) is 8.91. The summed E-state index contributed by atoms with van der Waals surface area (Å²) in [6.07, 6.45) is 1.60. The number of rotatable bonds is 7. The number of benzene rings is 2. The first-order chi connectivity index (χ1) is 12.9. The molecular formula is C21H27N3O2S. The van der Waals surface area contributed by atoms with Crippen LogP contribution >= 0.6 is 0 Å². The summed E-state index contributed by atoms with van der Waals surface area (Å²) >= 11 is 0. The minimum atomic E-state index is -3.46. The molecule has 1 aromatic heterocycles. The number of H-pyrrole nitrogens is 1. The molecule has 0 aliphatic carbocycles. The van der Waals surface area contributed by atoms with Crippen molar-refractivity contribution in [2.24, 2.45) is 0 Å². The Labute approximate surface area is 161 Å². The molecule has 6 heteroatoms. The van der Waals surface area contributed by atoms with Gasteiger partial charge in [0.1, 0.15) is 5.82 Å². The second kappa shape index (κ2) is 7.82. The van der Waals surface area contributed by atoms with Crippen LogP contribution in [0.4, 0.5) is 0 Å². The summed E-state index contributed by atoms with van der Waals surface area (Å²) in [5.41, 5.74) is 5.20. The predicted molar refractivity (Wildman–Crippen MR) is 110 cm³/mol. The van der Waals surface area contributed by atoms with Gasteiger partial charge in [-0.1, -0.05) is 13.8 Å². The Balaban J connectivity index is 1.93. The van der Waals surface area contributed by atoms with Crippen molar-refractivity contribution in [3.63, 3.8) is 0 Å². The lowest BCUT2D eigenvalue weighted by molar-refractivity contribution is 0.410. The molecule has 5 nitrogen and oxygen atoms in total. The summed E-state index contributed by atoms with van der Waals surface area (Å²) in [6.45, 7) is 9.22. The number of fused-ring (bicyclic) bond motifs is 1. The number of nitrogens with one attached hydrogen (secondary N) is 1. The summed E-state index contributed by atoms with van der Waals surface area (Å²) in [5.74, 6) is 0.748. The molecule has 0 saturated carbocycles. The summed E-state index contributed by atoms with van der Waals surface area (Å²) in [6, 6.07) is 11.1. The highest BCUT2D eigenvalue weighted by molar-refractivity contribution is 7.89. The van der Waals surface area contributed by atoms with Gasteiger partial charge in [0.15, 0.2) is 0 Å². The van der Waals surface area contributed by atoms with Gasteiger partial charge in [-0.05, 0) is 74.2 Å². The number of nitrogens with zero attached hydrogens (tertiary/aromatic N) is 2. The standard InChI is InChI=1S/C21H27N3O2S/c1-5-11-24(12-6-2)27(25,26)18-9-7-17(8-10-18)21-22-19-13-15(3)16(4)14-20(19)23-21/h7-10,13-14H,5-6,11-12H2,1-4H3,(H,22,23). The first-order valence-corrected chi connectivity index (χ1v) is 10.9. The molecule has 3 rings (SSSR count). The predicted octanol–water partition coefficient (Wildman–Crippen LogP) is 4.66. The number of aromatic nitrogens is 2. The monoisotopic (exact) mass is 385 g/mol. The molecule has 27 heavy (non-hydrogen) atoms. The van der Waals surface area contributed by atoms with Crippen LogP contribution in [0.25, 0.3) is 22.4 Å². The largest absolute Gasteiger partial charge is 0.338 e. The fraction of sp³-hybridized carbons (Fsp3) is 0.381. The first kappa shape index (κ1) is 19.6. The van der Waals surface area contributed by atoms with Gasteiger partial charge in [0.2, 0.25) is 10.0 Å². The lowest BCUT2D eigenvalue weighted by atomic mass is 10.1. The third kappa shape index (κ3) is 3.92. The molecule has 3 aromatic rings. The first-order valence-electron chi connectivity index (χ1n) is 9.44. The van der Waals surface area contributed by atoms with Gasteiger partial charge in [-0.25, -0.2) is 13.4 Å². The molecule has 1 N–H and O–H groups in total. The van der Waals surface area contributed by atoms with Crippen molar-refractivity contribution in [3.05, 3.63) is 47.5 Å². The van der Waals surface area contributed by atoms with Crippen molar-refractivity contribution >= 4 is 21.1 Å². The normalized spacial score (nSPS) is 12.2. The zero-order valence-electron chi connectivity index (χ0n) is 16.4. The molecule has 144 valence electrons. The summed E-state index contributed by atoms with van der Waals surface area (Å²) in [7, 11) is -3.46. The fourth-order valence-electron chi connectivity index (χ4n) is 3.19. The van der Waals surface area contributed by atoms with Crippen LogP contribution in [0, 0.1) is 13.8 Å². The molecule has 0 amide bonds. The van der Waals surface area contributed by atoms with E-state index in [2.05, 4.69) is 35.9 Å². The molecule has 0 radical (unpaired) electrons. The highest BCUT2D eigenvalue weighted by Gasteiger charge is 2.23. The van der Waals surface area contributed by atoms with E-state index in [9.17, 15) is 8.42 Å². The summed E-state index contributed by atoms with van der Waals surface area (Å²) in [4.78, 5) is 8.32. The fourth-order valence-corrected chi connectivity index (χ4v) is 4.82. The molecule has 0 saturated heterocycles. The van der Waals surface area contributed by atoms with Gasteiger partial charge >= 0.3 is 0 Å². The van der Waals surface area contributed by atoms with Crippen LogP contribution in [-0.4, -0.2) is 35.8 Å². The van der Waals surface area contributed by atoms with E-state index < -0.39 is 10.0 Å². The molecule has 0 fully saturated rings. The third-order valence-corrected chi connectivity index (χ3v) is 6.72. The molecule has 0 spiro atoms. The highest BCUT2D eigenvalue weighted by Crippen LogP contribution is 2.25. The van der Waals surface area contributed by atoms with Crippen LogP contribution in [0.5, 0.6) is 0 Å². The minimum absolute atomic E-state index is 0.330. The molecule has 2 aromatic carbocycles. The second-order valence-electron chi connectivity index (χ2n) is 6.97. The molecule has 0 unspecified atom stereocenters. The number of imidazole rings is 1. The minimum Gasteiger partial charge on any atom is -0.338 e. The average Bonchev–Trinajstić information content (AvgIpc) is 3.04. The van der Waals surface area contributed by atoms with E-state index >= 15 is 0 Å². The van der Waals surface area contributed by atoms with E-state index in [-0.39, 0.29) is 0 Å². The van der Waals surface area contributed by atoms with Gasteiger partial charge < -0.3 is 4.98 Å². The maximum Gasteiger partial charge on any atom is 0.243 e. The molecule has 0 aliphatic rings. The zero-order chi connectivity index (χ0) is 19.6. The SMILES string of the molecule is CCCN(CCC)S(=O)(=O)c1ccc(-c2nc3cc(C)c(C)cc3[nH]2)cc1. The Kier molecular flexibility index (Phi) is 5.67. The Morgan fingerprint density at radius 3 is 2.15 bits per heavy atom. The topological polar surface area (TPSA) is 66.1 Å². The van der Waals surface area contributed by atoms with Crippen molar-refractivity contribution in [2.45, 2.75) is 45.4 Å². The Bertz CT molecular complexity index is 992. The van der Waals surface area contributed by atoms with Crippen molar-refractivity contribution in [3.8, 4) is 11.4 Å². The van der Waals surface area contributed by atoms with Crippen LogP contribution in [0.15, 0.2) is 41.3 Å². The lowest BCUT2D eigenvalue weighted by Gasteiger charge is -2.21. The molecule has 0 aliphatic heterocycles. The van der Waals surface area contributed by atoms with Crippen molar-refractivity contribution in [2.75, 3.05) is 13.1 Å². The quantitative estimate of drug-likeness (QED) is 0.643. The summed E-state index contributed by atoms with van der Waals surface area (Å²) in [5, 5.41) is 0. The Morgan fingerprint density at radius 2 is 1.56 bits per heavy atom. The average molecular weight is 386 g/mol. The van der Waals surface area contributed by atoms with E-state index in [1.54, 1.807) is 16.4 Å². The Morgan fingerprint density at radius 1 is 0.963 bits per heavy atom. The van der Waals surface area contributed by atoms with E-state index in [0.29, 0.717) is 18.0 Å². The van der Waals surface area contributed by atoms with E-state index in [0.717, 1.165) is 35.3 Å². The van der Waals surface area contributed by atoms with Crippen LogP contribution in [0.1, 0.15) is 37.8 Å². The molecule has 1 heterocycles. The summed E-state index contributed by atoms with van der Waals surface area (Å²) < 4.78 is 27.3. The lowest BCUT2D eigenvalue weighted by Crippen LogP contribution is -2.32. The van der Waals surface area contributed by atoms with Crippen LogP contribution < -0.4 is 0 Å². The third-order valence-electron chi connectivity index (χ3n) is 4.81. The van der Waals surface area contributed by atoms with Gasteiger partial charge in [0.05, 0.1) is 15.9 Å². The van der Waals surface area contributed by atoms with Gasteiger partial charge in [0.25, 0.3) is 0 Å². The van der Waals surface area contributed by atoms with Crippen molar-refractivity contribution in [1.29, 1.82) is 0 Å².